The van der Waals surface area contributed by atoms with Crippen LogP contribution in [0.1, 0.15) is 42.7 Å². The number of ether oxygens (including phenoxy) is 2. The van der Waals surface area contributed by atoms with Crippen molar-refractivity contribution in [3.05, 3.63) is 59.7 Å². The van der Waals surface area contributed by atoms with Crippen LogP contribution in [0.3, 0.4) is 0 Å². The smallest absolute Gasteiger partial charge is 0.407 e. The number of nitrogens with one attached hydrogen (secondary N) is 1. The fourth-order valence-electron chi connectivity index (χ4n) is 5.84. The molecule has 8 nitrogen and oxygen atoms in total. The van der Waals surface area contributed by atoms with Crippen molar-refractivity contribution in [3.63, 3.8) is 0 Å². The van der Waals surface area contributed by atoms with Crippen molar-refractivity contribution in [3.8, 4) is 11.1 Å². The van der Waals surface area contributed by atoms with E-state index in [1.807, 2.05) is 24.3 Å². The highest BCUT2D eigenvalue weighted by Gasteiger charge is 2.67. The predicted molar refractivity (Wildman–Crippen MR) is 128 cm³/mol. The van der Waals surface area contributed by atoms with Crippen LogP contribution in [0.25, 0.3) is 11.1 Å². The van der Waals surface area contributed by atoms with Crippen molar-refractivity contribution >= 4 is 18.0 Å². The van der Waals surface area contributed by atoms with Gasteiger partial charge in [0.25, 0.3) is 5.91 Å². The number of likely N-dealkylation sites (tertiary alicyclic amines) is 1. The number of benzene rings is 2. The summed E-state index contributed by atoms with van der Waals surface area (Å²) in [5, 5.41) is 12.4. The molecule has 35 heavy (non-hydrogen) atoms. The lowest BCUT2D eigenvalue weighted by molar-refractivity contribution is -0.159. The van der Waals surface area contributed by atoms with Gasteiger partial charge >= 0.3 is 12.1 Å². The number of nitrogens with zero attached hydrogens (tertiary/aromatic N) is 1. The number of carbonyl (C=O) groups is 3. The number of hydrogen-bond acceptors (Lipinski definition) is 5. The first-order chi connectivity index (χ1) is 17.0. The Hall–Kier alpha value is -3.39. The fraction of sp³-hybridized carbons (Fsp3) is 0.444. The Morgan fingerprint density at radius 3 is 2.40 bits per heavy atom. The number of carbonyl (C=O) groups excluding carboxylic acids is 2. The molecule has 0 radical (unpaired) electrons. The quantitative estimate of drug-likeness (QED) is 0.603. The zero-order chi connectivity index (χ0) is 24.6. The monoisotopic (exact) mass is 478 g/mol. The average Bonchev–Trinajstić information content (AvgIpc) is 3.56. The molecule has 1 saturated carbocycles. The molecule has 1 unspecified atom stereocenters. The normalized spacial score (nSPS) is 23.0. The highest BCUT2D eigenvalue weighted by atomic mass is 16.5. The molecule has 0 spiro atoms. The molecule has 1 saturated heterocycles. The molecule has 0 bridgehead atoms. The van der Waals surface area contributed by atoms with Crippen LogP contribution < -0.4 is 5.32 Å². The third kappa shape index (κ3) is 4.05. The molecule has 3 atom stereocenters. The van der Waals surface area contributed by atoms with E-state index in [0.29, 0.717) is 13.0 Å². The number of carboxylic acid groups (broad SMARTS) is 1. The van der Waals surface area contributed by atoms with Gasteiger partial charge in [-0.2, -0.15) is 0 Å². The maximum absolute atomic E-state index is 13.1. The summed E-state index contributed by atoms with van der Waals surface area (Å²) in [4.78, 5) is 38.8. The Labute approximate surface area is 204 Å². The lowest BCUT2D eigenvalue weighted by Gasteiger charge is -2.35. The van der Waals surface area contributed by atoms with E-state index in [0.717, 1.165) is 35.1 Å². The van der Waals surface area contributed by atoms with E-state index >= 15 is 0 Å². The number of alkyl carbamates (subject to hydrolysis) is 1. The number of fused-ring (bicyclic) bond motifs is 4. The molecule has 2 fully saturated rings. The first-order valence-corrected chi connectivity index (χ1v) is 12.1. The second-order valence-electron chi connectivity index (χ2n) is 9.53. The highest BCUT2D eigenvalue weighted by molar-refractivity contribution is 5.92. The minimum absolute atomic E-state index is 0.0224. The molecule has 2 amide bonds. The first kappa shape index (κ1) is 23.4. The van der Waals surface area contributed by atoms with Crippen molar-refractivity contribution < 1.29 is 29.0 Å². The number of rotatable bonds is 8. The summed E-state index contributed by atoms with van der Waals surface area (Å²) in [6.45, 7) is 0.808. The van der Waals surface area contributed by atoms with E-state index in [2.05, 4.69) is 29.6 Å². The summed E-state index contributed by atoms with van der Waals surface area (Å²) >= 11 is 0. The Morgan fingerprint density at radius 1 is 1.11 bits per heavy atom. The van der Waals surface area contributed by atoms with E-state index in [4.69, 9.17) is 9.47 Å². The molecule has 0 aromatic heterocycles. The van der Waals surface area contributed by atoms with Gasteiger partial charge in [0.1, 0.15) is 18.2 Å². The third-order valence-electron chi connectivity index (χ3n) is 7.70. The molecular weight excluding hydrogens is 448 g/mol. The van der Waals surface area contributed by atoms with Gasteiger partial charge in [-0.1, -0.05) is 48.5 Å². The van der Waals surface area contributed by atoms with Crippen LogP contribution >= 0.6 is 0 Å². The van der Waals surface area contributed by atoms with Crippen LogP contribution in [0.5, 0.6) is 0 Å². The standard InChI is InChI=1S/C27H30N2O6/c1-34-23(24(30)29-14-6-7-17-15-27(17,29)25(31)32)12-13-28-26(33)35-16-22-20-10-4-2-8-18(20)19-9-3-5-11-21(19)22/h2-5,8-11,17,22-23H,6-7,12-16H2,1H3,(H,28,33)(H,31,32)/t17-,23?,27+/m0/s1. The maximum Gasteiger partial charge on any atom is 0.407 e. The van der Waals surface area contributed by atoms with Crippen molar-refractivity contribution in [1.29, 1.82) is 0 Å². The van der Waals surface area contributed by atoms with Crippen LogP contribution in [-0.4, -0.2) is 66.4 Å². The number of aliphatic carboxylic acids is 1. The number of amides is 2. The van der Waals surface area contributed by atoms with E-state index in [-0.39, 0.29) is 37.3 Å². The molecule has 5 rings (SSSR count). The Morgan fingerprint density at radius 2 is 1.77 bits per heavy atom. The fourth-order valence-corrected chi connectivity index (χ4v) is 5.84. The molecule has 184 valence electrons. The second kappa shape index (κ2) is 9.34. The van der Waals surface area contributed by atoms with Crippen molar-refractivity contribution in [1.82, 2.24) is 10.2 Å². The topological polar surface area (TPSA) is 105 Å². The molecule has 3 aliphatic rings. The van der Waals surface area contributed by atoms with Gasteiger partial charge in [0.15, 0.2) is 0 Å². The van der Waals surface area contributed by atoms with E-state index in [1.54, 1.807) is 0 Å². The molecule has 2 aromatic rings. The van der Waals surface area contributed by atoms with E-state index in [9.17, 15) is 19.5 Å². The number of methoxy groups -OCH3 is 1. The lowest BCUT2D eigenvalue weighted by atomic mass is 9.98. The molecule has 2 aliphatic carbocycles. The lowest BCUT2D eigenvalue weighted by Crippen LogP contribution is -2.55. The maximum atomic E-state index is 13.1. The molecule has 8 heteroatoms. The Bertz CT molecular complexity index is 1100. The Kier molecular flexibility index (Phi) is 6.23. The summed E-state index contributed by atoms with van der Waals surface area (Å²) in [5.74, 6) is -1.28. The van der Waals surface area contributed by atoms with Gasteiger partial charge in [0.2, 0.25) is 0 Å². The van der Waals surface area contributed by atoms with Gasteiger partial charge in [0.05, 0.1) is 0 Å². The van der Waals surface area contributed by atoms with Gasteiger partial charge in [0, 0.05) is 32.5 Å². The van der Waals surface area contributed by atoms with Crippen molar-refractivity contribution in [2.45, 2.75) is 43.2 Å². The summed E-state index contributed by atoms with van der Waals surface area (Å²) < 4.78 is 10.9. The molecule has 1 aliphatic heterocycles. The molecule has 2 aromatic carbocycles. The number of carboxylic acids is 1. The minimum Gasteiger partial charge on any atom is -0.479 e. The second-order valence-corrected chi connectivity index (χ2v) is 9.53. The average molecular weight is 479 g/mol. The summed E-state index contributed by atoms with van der Waals surface area (Å²) in [5.41, 5.74) is 3.52. The number of hydrogen-bond donors (Lipinski definition) is 2. The summed E-state index contributed by atoms with van der Waals surface area (Å²) in [6.07, 6.45) is 0.978. The van der Waals surface area contributed by atoms with Gasteiger partial charge < -0.3 is 24.8 Å². The minimum atomic E-state index is -1.08. The SMILES string of the molecule is COC(CCNC(=O)OCC1c2ccccc2-c2ccccc21)C(=O)N1CCC[C@H]2C[C@]21C(=O)O. The van der Waals surface area contributed by atoms with E-state index in [1.165, 1.54) is 12.0 Å². The summed E-state index contributed by atoms with van der Waals surface area (Å²) in [6, 6.07) is 16.3. The van der Waals surface area contributed by atoms with Crippen LogP contribution in [0, 0.1) is 5.92 Å². The number of piperidine rings is 1. The summed E-state index contributed by atoms with van der Waals surface area (Å²) in [7, 11) is 1.43. The zero-order valence-electron chi connectivity index (χ0n) is 19.7. The van der Waals surface area contributed by atoms with Crippen LogP contribution in [0.4, 0.5) is 4.79 Å². The zero-order valence-corrected chi connectivity index (χ0v) is 19.7. The largest absolute Gasteiger partial charge is 0.479 e. The molecule has 2 N–H and O–H groups in total. The molecule has 1 heterocycles. The van der Waals surface area contributed by atoms with Crippen molar-refractivity contribution in [2.24, 2.45) is 5.92 Å². The third-order valence-corrected chi connectivity index (χ3v) is 7.70. The van der Waals surface area contributed by atoms with Gasteiger partial charge in [-0.3, -0.25) is 4.79 Å². The van der Waals surface area contributed by atoms with Gasteiger partial charge in [-0.25, -0.2) is 9.59 Å². The van der Waals surface area contributed by atoms with Gasteiger partial charge in [-0.05, 0) is 47.4 Å². The van der Waals surface area contributed by atoms with Crippen molar-refractivity contribution in [2.75, 3.05) is 26.8 Å². The van der Waals surface area contributed by atoms with Crippen LogP contribution in [0.2, 0.25) is 0 Å². The predicted octanol–water partition coefficient (Wildman–Crippen LogP) is 3.40. The van der Waals surface area contributed by atoms with Crippen LogP contribution in [-0.2, 0) is 19.1 Å². The first-order valence-electron chi connectivity index (χ1n) is 12.1. The molecular formula is C27H30N2O6. The van der Waals surface area contributed by atoms with Crippen LogP contribution in [0.15, 0.2) is 48.5 Å². The Balaban J connectivity index is 1.14. The van der Waals surface area contributed by atoms with Gasteiger partial charge in [-0.15, -0.1) is 0 Å². The van der Waals surface area contributed by atoms with E-state index < -0.39 is 23.7 Å². The highest BCUT2D eigenvalue weighted by Crippen LogP contribution is 2.54.